The summed E-state index contributed by atoms with van der Waals surface area (Å²) < 4.78 is 0. The molecular formula is C43H79N3O4. The molecule has 0 aromatic carbocycles. The molecule has 0 bridgehead atoms. The van der Waals surface area contributed by atoms with Crippen molar-refractivity contribution in [3.8, 4) is 0 Å². The minimum absolute atomic E-state index is 0.122. The van der Waals surface area contributed by atoms with Crippen LogP contribution in [0.3, 0.4) is 0 Å². The molecule has 0 aromatic heterocycles. The Labute approximate surface area is 308 Å². The van der Waals surface area contributed by atoms with Crippen molar-refractivity contribution < 1.29 is 19.2 Å². The fraction of sp³-hybridized carbons (Fsp3) is 0.814. The maximum atomic E-state index is 12.9. The Hall–Kier alpha value is -2.28. The van der Waals surface area contributed by atoms with E-state index in [1.165, 1.54) is 103 Å². The van der Waals surface area contributed by atoms with E-state index in [1.54, 1.807) is 0 Å². The van der Waals surface area contributed by atoms with Gasteiger partial charge in [0.2, 0.25) is 23.6 Å². The Morgan fingerprint density at radius 1 is 0.460 bits per heavy atom. The quantitative estimate of drug-likeness (QED) is 0.0506. The van der Waals surface area contributed by atoms with Gasteiger partial charge < -0.3 is 4.90 Å². The van der Waals surface area contributed by atoms with Crippen LogP contribution >= 0.6 is 0 Å². The number of carbonyl (C=O) groups is 4. The zero-order valence-corrected chi connectivity index (χ0v) is 33.2. The number of imide groups is 2. The van der Waals surface area contributed by atoms with Gasteiger partial charge in [-0.3, -0.25) is 29.8 Å². The summed E-state index contributed by atoms with van der Waals surface area (Å²) in [5.41, 5.74) is 0. The summed E-state index contributed by atoms with van der Waals surface area (Å²) >= 11 is 0. The predicted molar refractivity (Wildman–Crippen MR) is 212 cm³/mol. The normalized spacial score (nSPS) is 12.3. The molecule has 0 aliphatic rings. The highest BCUT2D eigenvalue weighted by Gasteiger charge is 2.25. The summed E-state index contributed by atoms with van der Waals surface area (Å²) in [5, 5.41) is 4.94. The second-order valence-corrected chi connectivity index (χ2v) is 14.7. The molecule has 0 aromatic rings. The first-order valence-corrected chi connectivity index (χ1v) is 20.9. The molecule has 0 aliphatic carbocycles. The third-order valence-corrected chi connectivity index (χ3v) is 9.26. The van der Waals surface area contributed by atoms with Crippen LogP contribution in [0.4, 0.5) is 0 Å². The van der Waals surface area contributed by atoms with Gasteiger partial charge in [-0.25, -0.2) is 0 Å². The third-order valence-electron chi connectivity index (χ3n) is 9.26. The Bertz CT molecular complexity index is 899. The van der Waals surface area contributed by atoms with E-state index in [-0.39, 0.29) is 18.2 Å². The SMILES string of the molecule is CCCCCCCC/C=C\CCCCCCCC(=O)NC(=O)CC(CN(C)C)C(=O)NC(=O)CCCCCCC/C=C\CCCCCCCC. The number of amides is 4. The predicted octanol–water partition coefficient (Wildman–Crippen LogP) is 10.9. The van der Waals surface area contributed by atoms with E-state index < -0.39 is 17.7 Å². The molecule has 0 spiro atoms. The largest absolute Gasteiger partial charge is 0.309 e. The molecule has 7 heteroatoms. The van der Waals surface area contributed by atoms with E-state index in [0.717, 1.165) is 64.2 Å². The van der Waals surface area contributed by atoms with Crippen LogP contribution in [0, 0.1) is 5.92 Å². The molecule has 0 heterocycles. The zero-order valence-electron chi connectivity index (χ0n) is 33.2. The fourth-order valence-corrected chi connectivity index (χ4v) is 6.19. The first kappa shape index (κ1) is 47.7. The van der Waals surface area contributed by atoms with Crippen molar-refractivity contribution in [3.05, 3.63) is 24.3 Å². The van der Waals surface area contributed by atoms with Crippen molar-refractivity contribution in [1.82, 2.24) is 15.5 Å². The Balaban J connectivity index is 4.01. The van der Waals surface area contributed by atoms with E-state index in [4.69, 9.17) is 0 Å². The molecule has 0 fully saturated rings. The van der Waals surface area contributed by atoms with Crippen molar-refractivity contribution in [2.75, 3.05) is 20.6 Å². The van der Waals surface area contributed by atoms with Gasteiger partial charge in [-0.15, -0.1) is 0 Å². The number of carbonyl (C=O) groups excluding carboxylic acids is 4. The Morgan fingerprint density at radius 2 is 0.800 bits per heavy atom. The zero-order chi connectivity index (χ0) is 36.9. The average molecular weight is 702 g/mol. The van der Waals surface area contributed by atoms with Crippen LogP contribution in [-0.4, -0.2) is 49.2 Å². The van der Waals surface area contributed by atoms with E-state index >= 15 is 0 Å². The lowest BCUT2D eigenvalue weighted by atomic mass is 10.0. The Morgan fingerprint density at radius 3 is 1.18 bits per heavy atom. The maximum absolute atomic E-state index is 12.9. The molecule has 2 N–H and O–H groups in total. The van der Waals surface area contributed by atoms with Crippen LogP contribution < -0.4 is 10.6 Å². The summed E-state index contributed by atoms with van der Waals surface area (Å²) in [5.74, 6) is -2.20. The molecule has 7 nitrogen and oxygen atoms in total. The highest BCUT2D eigenvalue weighted by Crippen LogP contribution is 2.12. The lowest BCUT2D eigenvalue weighted by Gasteiger charge is -2.19. The molecule has 0 aliphatic heterocycles. The standard InChI is InChI=1S/C43H79N3O4/c1-5-7-9-11-13-15-17-19-21-23-25-27-29-31-33-35-40(47)44-42(49)37-39(38-46(3)4)43(50)45-41(48)36-34-32-30-28-26-24-22-20-18-16-14-12-10-8-6-2/h19-22,39H,5-18,23-38H2,1-4H3,(H,44,47,49)(H,45,48,50)/b21-19-,22-20-. The molecule has 0 saturated heterocycles. The van der Waals surface area contributed by atoms with E-state index in [1.807, 2.05) is 19.0 Å². The minimum Gasteiger partial charge on any atom is -0.309 e. The van der Waals surface area contributed by atoms with Gasteiger partial charge in [-0.1, -0.05) is 141 Å². The second kappa shape index (κ2) is 36.5. The Kier molecular flexibility index (Phi) is 34.8. The topological polar surface area (TPSA) is 95.6 Å². The van der Waals surface area contributed by atoms with Crippen molar-refractivity contribution >= 4 is 23.6 Å². The smallest absolute Gasteiger partial charge is 0.231 e. The van der Waals surface area contributed by atoms with Gasteiger partial charge >= 0.3 is 0 Å². The monoisotopic (exact) mass is 702 g/mol. The van der Waals surface area contributed by atoms with Crippen molar-refractivity contribution in [2.45, 2.75) is 200 Å². The first-order chi connectivity index (χ1) is 24.3. The first-order valence-electron chi connectivity index (χ1n) is 20.9. The molecule has 50 heavy (non-hydrogen) atoms. The highest BCUT2D eigenvalue weighted by molar-refractivity contribution is 6.00. The summed E-state index contributed by atoms with van der Waals surface area (Å²) in [6.45, 7) is 4.83. The molecule has 1 unspecified atom stereocenters. The van der Waals surface area contributed by atoms with Gasteiger partial charge in [0.05, 0.1) is 5.92 Å². The van der Waals surface area contributed by atoms with E-state index in [2.05, 4.69) is 48.8 Å². The highest BCUT2D eigenvalue weighted by atomic mass is 16.2. The van der Waals surface area contributed by atoms with Crippen molar-refractivity contribution in [2.24, 2.45) is 5.92 Å². The second-order valence-electron chi connectivity index (χ2n) is 14.7. The minimum atomic E-state index is -0.698. The summed E-state index contributed by atoms with van der Waals surface area (Å²) in [6.07, 6.45) is 40.7. The van der Waals surface area contributed by atoms with Gasteiger partial charge in [0.25, 0.3) is 0 Å². The average Bonchev–Trinajstić information content (AvgIpc) is 3.07. The molecule has 4 amide bonds. The van der Waals surface area contributed by atoms with Crippen LogP contribution in [0.1, 0.15) is 200 Å². The van der Waals surface area contributed by atoms with Gasteiger partial charge in [-0.05, 0) is 78.3 Å². The maximum Gasteiger partial charge on any atom is 0.231 e. The van der Waals surface area contributed by atoms with Gasteiger partial charge in [0.1, 0.15) is 0 Å². The third kappa shape index (κ3) is 34.2. The number of unbranched alkanes of at least 4 members (excludes halogenated alkanes) is 22. The van der Waals surface area contributed by atoms with Crippen LogP contribution in [-0.2, 0) is 19.2 Å². The van der Waals surface area contributed by atoms with Crippen LogP contribution in [0.2, 0.25) is 0 Å². The van der Waals surface area contributed by atoms with Crippen LogP contribution in [0.15, 0.2) is 24.3 Å². The van der Waals surface area contributed by atoms with Crippen molar-refractivity contribution in [1.29, 1.82) is 0 Å². The van der Waals surface area contributed by atoms with Gasteiger partial charge in [0.15, 0.2) is 0 Å². The number of rotatable bonds is 35. The number of hydrogen-bond acceptors (Lipinski definition) is 5. The molecule has 290 valence electrons. The van der Waals surface area contributed by atoms with E-state index in [9.17, 15) is 19.2 Å². The number of hydrogen-bond donors (Lipinski definition) is 2. The fourth-order valence-electron chi connectivity index (χ4n) is 6.19. The lowest BCUT2D eigenvalue weighted by molar-refractivity contribution is -0.137. The summed E-state index contributed by atoms with van der Waals surface area (Å²) in [7, 11) is 3.65. The summed E-state index contributed by atoms with van der Waals surface area (Å²) in [4.78, 5) is 52.1. The molecular weight excluding hydrogens is 622 g/mol. The van der Waals surface area contributed by atoms with Crippen LogP contribution in [0.5, 0.6) is 0 Å². The number of nitrogens with zero attached hydrogens (tertiary/aromatic N) is 1. The lowest BCUT2D eigenvalue weighted by Crippen LogP contribution is -2.42. The molecule has 0 radical (unpaired) electrons. The molecule has 0 rings (SSSR count). The van der Waals surface area contributed by atoms with Gasteiger partial charge in [-0.2, -0.15) is 0 Å². The van der Waals surface area contributed by atoms with Crippen molar-refractivity contribution in [3.63, 3.8) is 0 Å². The molecule has 0 saturated carbocycles. The van der Waals surface area contributed by atoms with Gasteiger partial charge in [0, 0.05) is 25.8 Å². The van der Waals surface area contributed by atoms with Crippen LogP contribution in [0.25, 0.3) is 0 Å². The number of nitrogens with one attached hydrogen (secondary N) is 2. The summed E-state index contributed by atoms with van der Waals surface area (Å²) in [6, 6.07) is 0. The molecule has 1 atom stereocenters. The number of allylic oxidation sites excluding steroid dienone is 4. The van der Waals surface area contributed by atoms with E-state index in [0.29, 0.717) is 19.4 Å².